The average Bonchev–Trinajstić information content (AvgIpc) is 2.20. The third-order valence-electron chi connectivity index (χ3n) is 3.46. The van der Waals surface area contributed by atoms with Gasteiger partial charge in [0, 0.05) is 13.1 Å². The van der Waals surface area contributed by atoms with E-state index in [1.54, 1.807) is 7.05 Å². The van der Waals surface area contributed by atoms with Crippen LogP contribution < -0.4 is 10.6 Å². The second-order valence-corrected chi connectivity index (χ2v) is 5.44. The molecule has 0 radical (unpaired) electrons. The fourth-order valence-electron chi connectivity index (χ4n) is 2.21. The van der Waals surface area contributed by atoms with Gasteiger partial charge in [-0.3, -0.25) is 4.79 Å². The third-order valence-corrected chi connectivity index (χ3v) is 3.46. The molecule has 0 unspecified atom stereocenters. The quantitative estimate of drug-likeness (QED) is 0.747. The molecular formula is C12H24N2O. The Balaban J connectivity index is 2.32. The Morgan fingerprint density at radius 1 is 1.33 bits per heavy atom. The molecule has 15 heavy (non-hydrogen) atoms. The molecular weight excluding hydrogens is 188 g/mol. The first kappa shape index (κ1) is 12.5. The molecule has 3 heteroatoms. The van der Waals surface area contributed by atoms with Crippen LogP contribution in [0.1, 0.15) is 46.5 Å². The molecule has 1 rings (SSSR count). The van der Waals surface area contributed by atoms with Gasteiger partial charge in [-0.05, 0) is 38.0 Å². The number of rotatable bonds is 3. The molecule has 1 fully saturated rings. The van der Waals surface area contributed by atoms with Gasteiger partial charge in [-0.25, -0.2) is 0 Å². The van der Waals surface area contributed by atoms with Crippen LogP contribution in [0.5, 0.6) is 0 Å². The summed E-state index contributed by atoms with van der Waals surface area (Å²) in [5, 5.41) is 6.06. The molecule has 3 nitrogen and oxygen atoms in total. The second-order valence-electron chi connectivity index (χ2n) is 5.44. The number of carbonyl (C=O) groups is 1. The first-order valence-corrected chi connectivity index (χ1v) is 5.92. The molecule has 1 aliphatic carbocycles. The SMILES string of the molecule is CNC(=O)[C@@H](C)NC1CCC(C)(C)CC1. The van der Waals surface area contributed by atoms with Gasteiger partial charge in [0.2, 0.25) is 5.91 Å². The Bertz CT molecular complexity index is 216. The van der Waals surface area contributed by atoms with E-state index < -0.39 is 0 Å². The normalized spacial score (nSPS) is 23.5. The van der Waals surface area contributed by atoms with Gasteiger partial charge in [0.1, 0.15) is 0 Å². The first-order chi connectivity index (χ1) is 6.94. The Morgan fingerprint density at radius 2 is 1.87 bits per heavy atom. The van der Waals surface area contributed by atoms with Crippen molar-refractivity contribution < 1.29 is 4.79 Å². The molecule has 1 amide bonds. The van der Waals surface area contributed by atoms with Crippen molar-refractivity contribution in [2.45, 2.75) is 58.5 Å². The zero-order valence-corrected chi connectivity index (χ0v) is 10.4. The van der Waals surface area contributed by atoms with E-state index in [1.165, 1.54) is 25.7 Å². The van der Waals surface area contributed by atoms with Crippen molar-refractivity contribution in [1.29, 1.82) is 0 Å². The van der Waals surface area contributed by atoms with E-state index in [4.69, 9.17) is 0 Å². The highest BCUT2D eigenvalue weighted by Crippen LogP contribution is 2.35. The number of likely N-dealkylation sites (N-methyl/N-ethyl adjacent to an activating group) is 1. The van der Waals surface area contributed by atoms with Gasteiger partial charge in [0.05, 0.1) is 6.04 Å². The van der Waals surface area contributed by atoms with Crippen molar-refractivity contribution in [3.05, 3.63) is 0 Å². The van der Waals surface area contributed by atoms with E-state index in [-0.39, 0.29) is 11.9 Å². The molecule has 1 saturated carbocycles. The lowest BCUT2D eigenvalue weighted by Gasteiger charge is -2.35. The Kier molecular flexibility index (Phi) is 4.14. The fourth-order valence-corrected chi connectivity index (χ4v) is 2.21. The van der Waals surface area contributed by atoms with Gasteiger partial charge >= 0.3 is 0 Å². The predicted octanol–water partition coefficient (Wildman–Crippen LogP) is 1.68. The summed E-state index contributed by atoms with van der Waals surface area (Å²) in [5.41, 5.74) is 0.494. The molecule has 0 heterocycles. The zero-order chi connectivity index (χ0) is 11.5. The lowest BCUT2D eigenvalue weighted by Crippen LogP contribution is -2.47. The standard InChI is InChI=1S/C12H24N2O/c1-9(11(15)13-4)14-10-5-7-12(2,3)8-6-10/h9-10,14H,5-8H2,1-4H3,(H,13,15)/t9-/m1/s1. The monoisotopic (exact) mass is 212 g/mol. The summed E-state index contributed by atoms with van der Waals surface area (Å²) in [5.74, 6) is 0.0832. The number of nitrogens with one attached hydrogen (secondary N) is 2. The van der Waals surface area contributed by atoms with Crippen molar-refractivity contribution in [2.24, 2.45) is 5.41 Å². The predicted molar refractivity (Wildman–Crippen MR) is 62.7 cm³/mol. The lowest BCUT2D eigenvalue weighted by atomic mass is 9.75. The fraction of sp³-hybridized carbons (Fsp3) is 0.917. The Labute approximate surface area is 93.0 Å². The van der Waals surface area contributed by atoms with Gasteiger partial charge < -0.3 is 10.6 Å². The molecule has 0 aromatic heterocycles. The summed E-state index contributed by atoms with van der Waals surface area (Å²) in [6.07, 6.45) is 4.89. The highest BCUT2D eigenvalue weighted by atomic mass is 16.2. The zero-order valence-electron chi connectivity index (χ0n) is 10.4. The van der Waals surface area contributed by atoms with E-state index in [9.17, 15) is 4.79 Å². The second kappa shape index (κ2) is 4.97. The first-order valence-electron chi connectivity index (χ1n) is 5.92. The minimum Gasteiger partial charge on any atom is -0.358 e. The maximum Gasteiger partial charge on any atom is 0.236 e. The summed E-state index contributed by atoms with van der Waals surface area (Å²) in [4.78, 5) is 11.3. The lowest BCUT2D eigenvalue weighted by molar-refractivity contribution is -0.122. The molecule has 2 N–H and O–H groups in total. The molecule has 0 aliphatic heterocycles. The van der Waals surface area contributed by atoms with Gasteiger partial charge in [0.15, 0.2) is 0 Å². The number of hydrogen-bond donors (Lipinski definition) is 2. The Hall–Kier alpha value is -0.570. The van der Waals surface area contributed by atoms with Crippen LogP contribution in [-0.2, 0) is 4.79 Å². The summed E-state index contributed by atoms with van der Waals surface area (Å²) in [6.45, 7) is 6.58. The van der Waals surface area contributed by atoms with E-state index in [1.807, 2.05) is 6.92 Å². The molecule has 1 atom stereocenters. The minimum absolute atomic E-state index is 0.0683. The average molecular weight is 212 g/mol. The summed E-state index contributed by atoms with van der Waals surface area (Å²) in [7, 11) is 1.69. The van der Waals surface area contributed by atoms with Crippen LogP contribution in [0.4, 0.5) is 0 Å². The van der Waals surface area contributed by atoms with Crippen LogP contribution in [0, 0.1) is 5.41 Å². The van der Waals surface area contributed by atoms with Crippen LogP contribution in [0.25, 0.3) is 0 Å². The number of hydrogen-bond acceptors (Lipinski definition) is 2. The maximum absolute atomic E-state index is 11.3. The molecule has 0 saturated heterocycles. The van der Waals surface area contributed by atoms with E-state index in [0.29, 0.717) is 11.5 Å². The molecule has 0 bridgehead atoms. The molecule has 88 valence electrons. The van der Waals surface area contributed by atoms with Crippen molar-refractivity contribution in [3.8, 4) is 0 Å². The molecule has 0 spiro atoms. The highest BCUT2D eigenvalue weighted by Gasteiger charge is 2.28. The molecule has 0 aromatic rings. The smallest absolute Gasteiger partial charge is 0.236 e. The number of carbonyl (C=O) groups excluding carboxylic acids is 1. The van der Waals surface area contributed by atoms with Crippen LogP contribution in [0.3, 0.4) is 0 Å². The van der Waals surface area contributed by atoms with Crippen molar-refractivity contribution in [1.82, 2.24) is 10.6 Å². The van der Waals surface area contributed by atoms with Crippen LogP contribution >= 0.6 is 0 Å². The van der Waals surface area contributed by atoms with Crippen LogP contribution in [0.2, 0.25) is 0 Å². The Morgan fingerprint density at radius 3 is 2.33 bits per heavy atom. The minimum atomic E-state index is -0.0683. The maximum atomic E-state index is 11.3. The van der Waals surface area contributed by atoms with E-state index in [0.717, 1.165) is 0 Å². The van der Waals surface area contributed by atoms with Crippen molar-refractivity contribution in [3.63, 3.8) is 0 Å². The summed E-state index contributed by atoms with van der Waals surface area (Å²) < 4.78 is 0. The van der Waals surface area contributed by atoms with Crippen molar-refractivity contribution in [2.75, 3.05) is 7.05 Å². The largest absolute Gasteiger partial charge is 0.358 e. The van der Waals surface area contributed by atoms with Crippen molar-refractivity contribution >= 4 is 5.91 Å². The van der Waals surface area contributed by atoms with Gasteiger partial charge in [-0.15, -0.1) is 0 Å². The molecule has 0 aromatic carbocycles. The van der Waals surface area contributed by atoms with Crippen LogP contribution in [0.15, 0.2) is 0 Å². The molecule has 1 aliphatic rings. The van der Waals surface area contributed by atoms with Gasteiger partial charge in [0.25, 0.3) is 0 Å². The van der Waals surface area contributed by atoms with Gasteiger partial charge in [-0.1, -0.05) is 13.8 Å². The summed E-state index contributed by atoms with van der Waals surface area (Å²) >= 11 is 0. The van der Waals surface area contributed by atoms with Gasteiger partial charge in [-0.2, -0.15) is 0 Å². The van der Waals surface area contributed by atoms with E-state index in [2.05, 4.69) is 24.5 Å². The number of amides is 1. The highest BCUT2D eigenvalue weighted by molar-refractivity contribution is 5.80. The van der Waals surface area contributed by atoms with Crippen LogP contribution in [-0.4, -0.2) is 25.0 Å². The van der Waals surface area contributed by atoms with E-state index >= 15 is 0 Å². The topological polar surface area (TPSA) is 41.1 Å². The summed E-state index contributed by atoms with van der Waals surface area (Å²) in [6, 6.07) is 0.450. The third kappa shape index (κ3) is 3.82.